The first-order valence-corrected chi connectivity index (χ1v) is 11.6. The molecule has 2 saturated carbocycles. The lowest BCUT2D eigenvalue weighted by atomic mass is 9.60. The van der Waals surface area contributed by atoms with E-state index < -0.39 is 0 Å². The molecule has 0 aliphatic heterocycles. The lowest BCUT2D eigenvalue weighted by Gasteiger charge is -2.45. The van der Waals surface area contributed by atoms with Gasteiger partial charge in [0, 0.05) is 5.56 Å². The molecule has 3 rings (SSSR count). The SMILES string of the molecule is CC1(C)CC(c2ccc(C#CCNCCC3CCCCC3)cc2)CC(C)(C)C1. The van der Waals surface area contributed by atoms with Crippen LogP contribution in [0.1, 0.15) is 103 Å². The second-order valence-corrected chi connectivity index (χ2v) is 11.0. The summed E-state index contributed by atoms with van der Waals surface area (Å²) in [6.07, 6.45) is 12.5. The molecule has 0 heterocycles. The van der Waals surface area contributed by atoms with E-state index in [0.29, 0.717) is 16.7 Å². The first kappa shape index (κ1) is 21.4. The second kappa shape index (κ2) is 9.49. The summed E-state index contributed by atoms with van der Waals surface area (Å²) in [6, 6.07) is 9.09. The summed E-state index contributed by atoms with van der Waals surface area (Å²) in [7, 11) is 0. The highest BCUT2D eigenvalue weighted by molar-refractivity contribution is 5.37. The largest absolute Gasteiger partial charge is 0.306 e. The fraction of sp³-hybridized carbons (Fsp3) is 0.704. The second-order valence-electron chi connectivity index (χ2n) is 11.0. The van der Waals surface area contributed by atoms with Crippen molar-refractivity contribution in [3.05, 3.63) is 35.4 Å². The van der Waals surface area contributed by atoms with Crippen LogP contribution in [0, 0.1) is 28.6 Å². The molecule has 28 heavy (non-hydrogen) atoms. The molecule has 0 saturated heterocycles. The van der Waals surface area contributed by atoms with Gasteiger partial charge < -0.3 is 5.32 Å². The van der Waals surface area contributed by atoms with Crippen molar-refractivity contribution in [2.45, 2.75) is 91.4 Å². The Balaban J connectivity index is 1.45. The van der Waals surface area contributed by atoms with Crippen molar-refractivity contribution in [2.75, 3.05) is 13.1 Å². The van der Waals surface area contributed by atoms with E-state index in [-0.39, 0.29) is 0 Å². The Hall–Kier alpha value is -1.26. The molecule has 0 radical (unpaired) electrons. The van der Waals surface area contributed by atoms with Crippen LogP contribution in [-0.2, 0) is 0 Å². The predicted octanol–water partition coefficient (Wildman–Crippen LogP) is 6.92. The Morgan fingerprint density at radius 2 is 1.57 bits per heavy atom. The highest BCUT2D eigenvalue weighted by atomic mass is 14.8. The maximum absolute atomic E-state index is 3.51. The van der Waals surface area contributed by atoms with Crippen LogP contribution in [0.2, 0.25) is 0 Å². The van der Waals surface area contributed by atoms with Crippen molar-refractivity contribution in [1.82, 2.24) is 5.32 Å². The van der Waals surface area contributed by atoms with E-state index in [2.05, 4.69) is 69.1 Å². The molecule has 2 fully saturated rings. The van der Waals surface area contributed by atoms with Crippen molar-refractivity contribution in [3.63, 3.8) is 0 Å². The van der Waals surface area contributed by atoms with Crippen molar-refractivity contribution in [2.24, 2.45) is 16.7 Å². The fourth-order valence-corrected chi connectivity index (χ4v) is 6.00. The standard InChI is InChI=1S/C27H41N/c1-26(2)19-25(20-27(3,4)21-26)24-14-12-23(13-15-24)11-8-17-28-18-16-22-9-6-5-7-10-22/h12-15,22,25,28H,5-7,9-10,16-21H2,1-4H3. The summed E-state index contributed by atoms with van der Waals surface area (Å²) >= 11 is 0. The zero-order valence-electron chi connectivity index (χ0n) is 18.7. The van der Waals surface area contributed by atoms with Crippen LogP contribution in [0.25, 0.3) is 0 Å². The van der Waals surface area contributed by atoms with Crippen molar-refractivity contribution >= 4 is 0 Å². The summed E-state index contributed by atoms with van der Waals surface area (Å²) in [5.74, 6) is 8.27. The summed E-state index contributed by atoms with van der Waals surface area (Å²) in [4.78, 5) is 0. The molecule has 1 N–H and O–H groups in total. The highest BCUT2D eigenvalue weighted by Gasteiger charge is 2.38. The summed E-state index contributed by atoms with van der Waals surface area (Å²) in [5, 5.41) is 3.51. The fourth-order valence-electron chi connectivity index (χ4n) is 6.00. The van der Waals surface area contributed by atoms with E-state index >= 15 is 0 Å². The third kappa shape index (κ3) is 6.66. The molecule has 0 atom stereocenters. The maximum atomic E-state index is 3.51. The molecule has 0 bridgehead atoms. The van der Waals surface area contributed by atoms with Gasteiger partial charge in [0.05, 0.1) is 6.54 Å². The van der Waals surface area contributed by atoms with E-state index in [4.69, 9.17) is 0 Å². The first-order chi connectivity index (χ1) is 13.3. The number of hydrogen-bond acceptors (Lipinski definition) is 1. The molecule has 1 heteroatoms. The average molecular weight is 380 g/mol. The Labute approximate surface area is 174 Å². The van der Waals surface area contributed by atoms with Crippen molar-refractivity contribution in [1.29, 1.82) is 0 Å². The van der Waals surface area contributed by atoms with Gasteiger partial charge in [-0.25, -0.2) is 0 Å². The Morgan fingerprint density at radius 1 is 0.929 bits per heavy atom. The Bertz CT molecular complexity index is 648. The molecular weight excluding hydrogens is 338 g/mol. The van der Waals surface area contributed by atoms with Crippen LogP contribution in [0.5, 0.6) is 0 Å². The van der Waals surface area contributed by atoms with Gasteiger partial charge in [-0.15, -0.1) is 0 Å². The van der Waals surface area contributed by atoms with Crippen LogP contribution < -0.4 is 5.32 Å². The molecule has 0 spiro atoms. The van der Waals surface area contributed by atoms with Gasteiger partial charge in [-0.3, -0.25) is 0 Å². The van der Waals surface area contributed by atoms with Gasteiger partial charge in [0.1, 0.15) is 0 Å². The zero-order chi connectivity index (χ0) is 20.0. The number of benzene rings is 1. The zero-order valence-corrected chi connectivity index (χ0v) is 18.7. The molecular formula is C27H41N. The molecule has 2 aliphatic rings. The van der Waals surface area contributed by atoms with E-state index in [0.717, 1.165) is 24.6 Å². The van der Waals surface area contributed by atoms with Crippen LogP contribution in [-0.4, -0.2) is 13.1 Å². The number of hydrogen-bond donors (Lipinski definition) is 1. The molecule has 1 aromatic rings. The van der Waals surface area contributed by atoms with E-state index in [9.17, 15) is 0 Å². The quantitative estimate of drug-likeness (QED) is 0.432. The van der Waals surface area contributed by atoms with Gasteiger partial charge in [-0.1, -0.05) is 83.8 Å². The van der Waals surface area contributed by atoms with Crippen LogP contribution in [0.4, 0.5) is 0 Å². The predicted molar refractivity (Wildman–Crippen MR) is 122 cm³/mol. The van der Waals surface area contributed by atoms with E-state index in [1.807, 2.05) is 0 Å². The first-order valence-electron chi connectivity index (χ1n) is 11.6. The van der Waals surface area contributed by atoms with Gasteiger partial charge in [0.2, 0.25) is 0 Å². The van der Waals surface area contributed by atoms with Crippen LogP contribution >= 0.6 is 0 Å². The van der Waals surface area contributed by atoms with E-state index in [1.54, 1.807) is 0 Å². The maximum Gasteiger partial charge on any atom is 0.0580 e. The van der Waals surface area contributed by atoms with Crippen molar-refractivity contribution < 1.29 is 0 Å². The van der Waals surface area contributed by atoms with Gasteiger partial charge >= 0.3 is 0 Å². The third-order valence-electron chi connectivity index (χ3n) is 6.84. The van der Waals surface area contributed by atoms with Crippen molar-refractivity contribution in [3.8, 4) is 11.8 Å². The Kier molecular flexibility index (Phi) is 7.27. The Morgan fingerprint density at radius 3 is 2.21 bits per heavy atom. The average Bonchev–Trinajstić information content (AvgIpc) is 2.63. The summed E-state index contributed by atoms with van der Waals surface area (Å²) in [6.45, 7) is 11.7. The minimum Gasteiger partial charge on any atom is -0.306 e. The topological polar surface area (TPSA) is 12.0 Å². The van der Waals surface area contributed by atoms with Gasteiger partial charge in [-0.05, 0) is 72.6 Å². The monoisotopic (exact) mass is 379 g/mol. The lowest BCUT2D eigenvalue weighted by Crippen LogP contribution is -2.32. The van der Waals surface area contributed by atoms with Gasteiger partial charge in [0.15, 0.2) is 0 Å². The summed E-state index contributed by atoms with van der Waals surface area (Å²) in [5.41, 5.74) is 3.52. The normalized spacial score (nSPS) is 22.4. The van der Waals surface area contributed by atoms with Gasteiger partial charge in [-0.2, -0.15) is 0 Å². The van der Waals surface area contributed by atoms with Crippen LogP contribution in [0.3, 0.4) is 0 Å². The highest BCUT2D eigenvalue weighted by Crippen LogP contribution is 2.51. The molecule has 1 nitrogen and oxygen atoms in total. The molecule has 0 aromatic heterocycles. The van der Waals surface area contributed by atoms with E-state index in [1.165, 1.54) is 63.4 Å². The van der Waals surface area contributed by atoms with Gasteiger partial charge in [0.25, 0.3) is 0 Å². The van der Waals surface area contributed by atoms with Crippen LogP contribution in [0.15, 0.2) is 24.3 Å². The minimum absolute atomic E-state index is 0.439. The molecule has 1 aromatic carbocycles. The molecule has 0 unspecified atom stereocenters. The molecule has 0 amide bonds. The minimum atomic E-state index is 0.439. The smallest absolute Gasteiger partial charge is 0.0580 e. The third-order valence-corrected chi connectivity index (χ3v) is 6.84. The molecule has 154 valence electrons. The molecule has 2 aliphatic carbocycles. The summed E-state index contributed by atoms with van der Waals surface area (Å²) < 4.78 is 0. The lowest BCUT2D eigenvalue weighted by molar-refractivity contribution is 0.0969. The number of nitrogens with one attached hydrogen (secondary N) is 1. The number of rotatable bonds is 5.